The Morgan fingerprint density at radius 3 is 1.53 bits per heavy atom. The number of aliphatic hydroxyl groups excluding tert-OH is 4. The highest BCUT2D eigenvalue weighted by Gasteiger charge is 2.59. The van der Waals surface area contributed by atoms with Gasteiger partial charge in [-0.1, -0.05) is 89.5 Å². The van der Waals surface area contributed by atoms with Crippen molar-refractivity contribution in [2.75, 3.05) is 59.2 Å². The van der Waals surface area contributed by atoms with E-state index in [4.69, 9.17) is 43.0 Å². The summed E-state index contributed by atoms with van der Waals surface area (Å²) in [7, 11) is 0. The van der Waals surface area contributed by atoms with Gasteiger partial charge < -0.3 is 63.6 Å². The van der Waals surface area contributed by atoms with Crippen LogP contribution in [-0.2, 0) is 37.9 Å². The maximum absolute atomic E-state index is 9.73. The average molecular weight is 1060 g/mol. The van der Waals surface area contributed by atoms with Crippen LogP contribution in [0.25, 0.3) is 0 Å². The van der Waals surface area contributed by atoms with Crippen molar-refractivity contribution in [1.82, 2.24) is 10.2 Å². The molecule has 22 atom stereocenters. The molecule has 5 N–H and O–H groups in total. The van der Waals surface area contributed by atoms with Crippen LogP contribution >= 0.6 is 0 Å². The molecule has 14 heteroatoms. The molecule has 9 rings (SSSR count). The average Bonchev–Trinajstić information content (AvgIpc) is 4.21. The van der Waals surface area contributed by atoms with Crippen LogP contribution in [0.1, 0.15) is 195 Å². The van der Waals surface area contributed by atoms with Crippen LogP contribution in [0.3, 0.4) is 0 Å². The molecule has 9 aliphatic rings. The van der Waals surface area contributed by atoms with E-state index in [9.17, 15) is 15.3 Å². The van der Waals surface area contributed by atoms with E-state index in [0.29, 0.717) is 72.4 Å². The van der Waals surface area contributed by atoms with E-state index in [-0.39, 0.29) is 60.7 Å². The predicted molar refractivity (Wildman–Crippen MR) is 296 cm³/mol. The summed E-state index contributed by atoms with van der Waals surface area (Å²) in [4.78, 5) is 2.54. The van der Waals surface area contributed by atoms with Gasteiger partial charge in [-0.2, -0.15) is 0 Å². The number of fused-ring (bicyclic) bond motifs is 2. The smallest absolute Gasteiger partial charge is 0.0939 e. The number of nitrogens with zero attached hydrogens (tertiary/aromatic N) is 1. The maximum Gasteiger partial charge on any atom is 0.0939 e. The molecule has 9 fully saturated rings. The van der Waals surface area contributed by atoms with Gasteiger partial charge in [-0.25, -0.2) is 0 Å². The lowest BCUT2D eigenvalue weighted by atomic mass is 9.75. The molecule has 0 bridgehead atoms. The van der Waals surface area contributed by atoms with Crippen LogP contribution in [0, 0.1) is 33.5 Å². The first-order valence-electron chi connectivity index (χ1n) is 30.1. The van der Waals surface area contributed by atoms with Crippen molar-refractivity contribution < 1.29 is 58.3 Å². The van der Waals surface area contributed by atoms with Crippen molar-refractivity contribution in [3.05, 3.63) is 0 Å². The molecule has 0 aromatic heterocycles. The topological polar surface area (TPSA) is 170 Å². The van der Waals surface area contributed by atoms with Gasteiger partial charge >= 0.3 is 0 Å². The van der Waals surface area contributed by atoms with E-state index in [1.165, 1.54) is 19.3 Å². The standard InChI is InChI=1S/C15H28N2O2.C9H18O3.C9H16O2.2C9H18O2.C9H18O/c1-4-13-15(3)9-12(19-14(15)11(2)18-13)10-17-7-5-16-6-8-17;1-4-7-9(3,5-10)8(11)6(2)12-7;1-4-7-9(3)5-10-8(9)6(2)11-7;1-4-8-9(3,6-10)5-7(2)11-8;1-4-9(6-10)7(2)5-8(3)11-9;1-4-8-6-7(3)10-9(8)5-2/h11-14,16H,4-10H2,1-3H3;6-8,10-11H,4-5H2,1-3H3;6-8H,4-5H2,1-3H3;2*7-8,10H,4-6H2,1-3H3;7-9H,4-6H2,1-3H3/t11-,12+,13+,14?,15+;2*6-,7+,8?,9+;2*7-,8+,9+;7-,8-,9+/m000010/s1. The van der Waals surface area contributed by atoms with Crippen LogP contribution in [0.15, 0.2) is 0 Å². The Kier molecular flexibility index (Phi) is 26.1. The minimum absolute atomic E-state index is 0.00810. The normalized spacial score (nSPS) is 47.0. The van der Waals surface area contributed by atoms with Crippen LogP contribution in [0.5, 0.6) is 0 Å². The summed E-state index contributed by atoms with van der Waals surface area (Å²) in [6.07, 6.45) is 15.6. The van der Waals surface area contributed by atoms with E-state index in [1.54, 1.807) is 0 Å². The van der Waals surface area contributed by atoms with Gasteiger partial charge in [0.1, 0.15) is 0 Å². The summed E-state index contributed by atoms with van der Waals surface area (Å²) in [6.45, 7) is 45.2. The third-order valence-corrected chi connectivity index (χ3v) is 19.4. The number of nitrogens with one attached hydrogen (secondary N) is 1. The first kappa shape index (κ1) is 66.0. The zero-order valence-electron chi connectivity index (χ0n) is 50.5. The molecule has 0 spiro atoms. The Morgan fingerprint density at radius 2 is 1.14 bits per heavy atom. The molecule has 9 aliphatic heterocycles. The molecule has 0 aromatic carbocycles. The quantitative estimate of drug-likeness (QED) is 0.125. The van der Waals surface area contributed by atoms with Gasteiger partial charge in [-0.15, -0.1) is 0 Å². The Morgan fingerprint density at radius 1 is 0.554 bits per heavy atom. The maximum atomic E-state index is 9.73. The number of rotatable bonds is 12. The van der Waals surface area contributed by atoms with Crippen molar-refractivity contribution in [2.45, 2.75) is 292 Å². The summed E-state index contributed by atoms with van der Waals surface area (Å²) in [5.74, 6) is 1.33. The largest absolute Gasteiger partial charge is 0.396 e. The molecule has 14 nitrogen and oxygen atoms in total. The zero-order chi connectivity index (χ0) is 55.4. The van der Waals surface area contributed by atoms with E-state index < -0.39 is 11.5 Å². The van der Waals surface area contributed by atoms with Gasteiger partial charge in [0.05, 0.1) is 124 Å². The lowest BCUT2D eigenvalue weighted by molar-refractivity contribution is -0.167. The molecular weight excluding hydrogens is 941 g/mol. The van der Waals surface area contributed by atoms with Crippen LogP contribution in [0.2, 0.25) is 0 Å². The van der Waals surface area contributed by atoms with Gasteiger partial charge in [0.25, 0.3) is 0 Å². The van der Waals surface area contributed by atoms with E-state index >= 15 is 0 Å². The molecule has 0 radical (unpaired) electrons. The molecular formula is C60H116N2O12. The number of aliphatic hydroxyl groups is 4. The minimum atomic E-state index is -0.549. The van der Waals surface area contributed by atoms with Gasteiger partial charge in [-0.3, -0.25) is 4.90 Å². The molecule has 0 amide bonds. The molecule has 0 aromatic rings. The molecule has 9 saturated heterocycles. The third kappa shape index (κ3) is 15.3. The number of piperazine rings is 1. The Bertz CT molecular complexity index is 1570. The summed E-state index contributed by atoms with van der Waals surface area (Å²) >= 11 is 0. The minimum Gasteiger partial charge on any atom is -0.396 e. The number of hydrogen-bond donors (Lipinski definition) is 5. The molecule has 74 heavy (non-hydrogen) atoms. The molecule has 0 aliphatic carbocycles. The van der Waals surface area contributed by atoms with Gasteiger partial charge in [0.15, 0.2) is 0 Å². The predicted octanol–water partition coefficient (Wildman–Crippen LogP) is 9.13. The summed E-state index contributed by atoms with van der Waals surface area (Å²) in [6, 6.07) is 0. The van der Waals surface area contributed by atoms with Crippen LogP contribution in [-0.4, -0.2) is 182 Å². The second-order valence-electron chi connectivity index (χ2n) is 25.3. The summed E-state index contributed by atoms with van der Waals surface area (Å²) in [5.41, 5.74) is -0.150. The SMILES string of the molecule is CC[C@@]1(CO)O[C@@H](C)C[C@H]1C.CC[C@H]1C[C@H](C)O[C@@H]1CC.CC[C@H]1O[C@@H](C)C(O)[C@]1(C)CO.CC[C@H]1O[C@@H](C)C2OC[C@@]21C.CC[C@H]1O[C@@H](C)C2O[C@@H](CN3CCNCC3)C[C@@]21C.CC[C@H]1O[C@@H](C)C[C@]1(C)CO. The summed E-state index contributed by atoms with van der Waals surface area (Å²) < 4.78 is 46.3. The lowest BCUT2D eigenvalue weighted by Crippen LogP contribution is -2.53. The van der Waals surface area contributed by atoms with Crippen molar-refractivity contribution in [3.8, 4) is 0 Å². The molecule has 9 heterocycles. The molecule has 3 unspecified atom stereocenters. The Hall–Kier alpha value is -0.560. The second kappa shape index (κ2) is 29.2. The van der Waals surface area contributed by atoms with Crippen LogP contribution < -0.4 is 5.32 Å². The van der Waals surface area contributed by atoms with Gasteiger partial charge in [-0.05, 0) is 118 Å². The monoisotopic (exact) mass is 1060 g/mol. The summed E-state index contributed by atoms with van der Waals surface area (Å²) in [5, 5.41) is 40.7. The fourth-order valence-electron chi connectivity index (χ4n) is 14.7. The van der Waals surface area contributed by atoms with Crippen molar-refractivity contribution in [2.24, 2.45) is 33.5 Å². The fourth-order valence-corrected chi connectivity index (χ4v) is 14.7. The first-order valence-corrected chi connectivity index (χ1v) is 30.1. The molecule has 438 valence electrons. The second-order valence-corrected chi connectivity index (χ2v) is 25.3. The van der Waals surface area contributed by atoms with E-state index in [0.717, 1.165) is 96.6 Å². The van der Waals surface area contributed by atoms with Crippen molar-refractivity contribution in [3.63, 3.8) is 0 Å². The zero-order valence-corrected chi connectivity index (χ0v) is 50.5. The number of hydrogen-bond acceptors (Lipinski definition) is 14. The Labute approximate surface area is 452 Å². The third-order valence-electron chi connectivity index (χ3n) is 19.4. The fraction of sp³-hybridized carbons (Fsp3) is 1.00. The first-order chi connectivity index (χ1) is 34.9. The molecule has 0 saturated carbocycles. The van der Waals surface area contributed by atoms with Crippen molar-refractivity contribution in [1.29, 1.82) is 0 Å². The van der Waals surface area contributed by atoms with E-state index in [1.807, 2.05) is 20.8 Å². The van der Waals surface area contributed by atoms with Gasteiger partial charge in [0.2, 0.25) is 0 Å². The number of ether oxygens (including phenoxy) is 8. The van der Waals surface area contributed by atoms with Crippen molar-refractivity contribution >= 4 is 0 Å². The van der Waals surface area contributed by atoms with E-state index in [2.05, 4.69) is 114 Å². The highest BCUT2D eigenvalue weighted by Crippen LogP contribution is 2.51. The highest BCUT2D eigenvalue weighted by molar-refractivity contribution is 5.06. The van der Waals surface area contributed by atoms with Crippen LogP contribution in [0.4, 0.5) is 0 Å². The Balaban J connectivity index is 0.000000196. The lowest BCUT2D eigenvalue weighted by Gasteiger charge is -2.44. The van der Waals surface area contributed by atoms with Gasteiger partial charge in [0, 0.05) is 54.4 Å². The highest BCUT2D eigenvalue weighted by atomic mass is 16.6.